The number of amides is 1. The Morgan fingerprint density at radius 1 is 1.09 bits per heavy atom. The number of aryl methyl sites for hydroxylation is 1. The van der Waals surface area contributed by atoms with E-state index in [4.69, 9.17) is 4.42 Å². The number of anilines is 1. The van der Waals surface area contributed by atoms with Crippen molar-refractivity contribution >= 4 is 28.5 Å². The maximum Gasteiger partial charge on any atom is 0.224 e. The highest BCUT2D eigenvalue weighted by molar-refractivity contribution is 6.00. The Balaban J connectivity index is 1.59. The van der Waals surface area contributed by atoms with Crippen molar-refractivity contribution in [1.29, 1.82) is 0 Å². The third kappa shape index (κ3) is 3.63. The van der Waals surface area contributed by atoms with Gasteiger partial charge in [0.2, 0.25) is 5.91 Å². The van der Waals surface area contributed by atoms with Crippen LogP contribution in [0, 0.1) is 6.92 Å². The summed E-state index contributed by atoms with van der Waals surface area (Å²) < 4.78 is 5.39. The lowest BCUT2D eigenvalue weighted by atomic mass is 10.1. The third-order valence-corrected chi connectivity index (χ3v) is 3.45. The Labute approximate surface area is 133 Å². The van der Waals surface area contributed by atoms with E-state index in [1.807, 2.05) is 18.2 Å². The van der Waals surface area contributed by atoms with Crippen LogP contribution in [0.2, 0.25) is 0 Å². The largest absolute Gasteiger partial charge is 0.441 e. The fraction of sp³-hybridized carbons (Fsp3) is 0.167. The third-order valence-electron chi connectivity index (χ3n) is 3.45. The number of ketones is 1. The van der Waals surface area contributed by atoms with Crippen molar-refractivity contribution in [2.24, 2.45) is 0 Å². The first-order valence-corrected chi connectivity index (χ1v) is 7.37. The Morgan fingerprint density at radius 2 is 1.87 bits per heavy atom. The summed E-state index contributed by atoms with van der Waals surface area (Å²) in [6, 6.07) is 14.2. The minimum atomic E-state index is -0.200. The van der Waals surface area contributed by atoms with Crippen molar-refractivity contribution in [2.45, 2.75) is 19.8 Å². The van der Waals surface area contributed by atoms with Crippen molar-refractivity contribution in [3.63, 3.8) is 0 Å². The van der Waals surface area contributed by atoms with Gasteiger partial charge in [-0.05, 0) is 18.2 Å². The molecule has 0 radical (unpaired) electrons. The summed E-state index contributed by atoms with van der Waals surface area (Å²) in [5.41, 5.74) is 2.64. The maximum atomic E-state index is 12.0. The number of nitrogens with zero attached hydrogens (tertiary/aromatic N) is 1. The molecule has 1 amide bonds. The quantitative estimate of drug-likeness (QED) is 0.729. The number of hydrogen-bond donors (Lipinski definition) is 1. The minimum Gasteiger partial charge on any atom is -0.441 e. The Hall–Kier alpha value is -2.95. The van der Waals surface area contributed by atoms with Crippen LogP contribution >= 0.6 is 0 Å². The van der Waals surface area contributed by atoms with Gasteiger partial charge in [0, 0.05) is 31.0 Å². The first kappa shape index (κ1) is 15.0. The molecule has 5 nitrogen and oxygen atoms in total. The smallest absolute Gasteiger partial charge is 0.224 e. The van der Waals surface area contributed by atoms with Crippen LogP contribution in [0.3, 0.4) is 0 Å². The number of aromatic nitrogens is 1. The van der Waals surface area contributed by atoms with Gasteiger partial charge in [-0.3, -0.25) is 9.59 Å². The summed E-state index contributed by atoms with van der Waals surface area (Å²) in [6.45, 7) is 1.77. The van der Waals surface area contributed by atoms with Gasteiger partial charge in [-0.15, -0.1) is 0 Å². The summed E-state index contributed by atoms with van der Waals surface area (Å²) in [5.74, 6) is 0.342. The SMILES string of the molecule is Cc1nc2cc(NC(=O)CCC(=O)c3ccccc3)ccc2o1. The zero-order chi connectivity index (χ0) is 16.2. The molecule has 1 heterocycles. The van der Waals surface area contributed by atoms with Crippen molar-refractivity contribution in [3.05, 3.63) is 60.0 Å². The highest BCUT2D eigenvalue weighted by Gasteiger charge is 2.10. The molecule has 0 fully saturated rings. The first-order valence-electron chi connectivity index (χ1n) is 7.37. The fourth-order valence-corrected chi connectivity index (χ4v) is 2.34. The zero-order valence-electron chi connectivity index (χ0n) is 12.7. The topological polar surface area (TPSA) is 72.2 Å². The average Bonchev–Trinajstić information content (AvgIpc) is 2.92. The number of fused-ring (bicyclic) bond motifs is 1. The molecule has 3 rings (SSSR count). The molecule has 0 bridgehead atoms. The van der Waals surface area contributed by atoms with Crippen LogP contribution in [-0.2, 0) is 4.79 Å². The lowest BCUT2D eigenvalue weighted by Crippen LogP contribution is -2.13. The molecule has 0 unspecified atom stereocenters. The van der Waals surface area contributed by atoms with Gasteiger partial charge in [0.1, 0.15) is 5.52 Å². The zero-order valence-corrected chi connectivity index (χ0v) is 12.7. The highest BCUT2D eigenvalue weighted by atomic mass is 16.3. The maximum absolute atomic E-state index is 12.0. The normalized spacial score (nSPS) is 10.7. The molecule has 1 N–H and O–H groups in total. The van der Waals surface area contributed by atoms with Gasteiger partial charge in [0.05, 0.1) is 0 Å². The average molecular weight is 308 g/mol. The van der Waals surface area contributed by atoms with Crippen LogP contribution in [0.25, 0.3) is 11.1 Å². The van der Waals surface area contributed by atoms with E-state index in [1.54, 1.807) is 37.3 Å². The van der Waals surface area contributed by atoms with Crippen LogP contribution in [0.4, 0.5) is 5.69 Å². The number of nitrogens with one attached hydrogen (secondary N) is 1. The Morgan fingerprint density at radius 3 is 2.65 bits per heavy atom. The number of benzene rings is 2. The van der Waals surface area contributed by atoms with E-state index in [1.165, 1.54) is 0 Å². The Kier molecular flexibility index (Phi) is 4.19. The van der Waals surface area contributed by atoms with E-state index >= 15 is 0 Å². The van der Waals surface area contributed by atoms with Gasteiger partial charge in [0.15, 0.2) is 17.3 Å². The van der Waals surface area contributed by atoms with Crippen molar-refractivity contribution < 1.29 is 14.0 Å². The lowest BCUT2D eigenvalue weighted by Gasteiger charge is -2.05. The molecule has 0 aliphatic rings. The number of carbonyl (C=O) groups excluding carboxylic acids is 2. The van der Waals surface area contributed by atoms with E-state index in [0.29, 0.717) is 28.2 Å². The van der Waals surface area contributed by atoms with Crippen LogP contribution in [-0.4, -0.2) is 16.7 Å². The molecule has 2 aromatic carbocycles. The van der Waals surface area contributed by atoms with E-state index in [-0.39, 0.29) is 24.5 Å². The molecule has 1 aromatic heterocycles. The Bertz CT molecular complexity index is 853. The first-order chi connectivity index (χ1) is 11.1. The minimum absolute atomic E-state index is 0.0386. The predicted molar refractivity (Wildman–Crippen MR) is 87.4 cm³/mol. The lowest BCUT2D eigenvalue weighted by molar-refractivity contribution is -0.116. The molecule has 0 saturated heterocycles. The molecule has 0 spiro atoms. The second-order valence-corrected chi connectivity index (χ2v) is 5.25. The summed E-state index contributed by atoms with van der Waals surface area (Å²) >= 11 is 0. The van der Waals surface area contributed by atoms with Gasteiger partial charge in [-0.25, -0.2) is 4.98 Å². The van der Waals surface area contributed by atoms with E-state index in [9.17, 15) is 9.59 Å². The molecule has 5 heteroatoms. The molecule has 3 aromatic rings. The van der Waals surface area contributed by atoms with Crippen molar-refractivity contribution in [1.82, 2.24) is 4.98 Å². The van der Waals surface area contributed by atoms with Gasteiger partial charge >= 0.3 is 0 Å². The number of rotatable bonds is 5. The molecule has 0 aliphatic heterocycles. The van der Waals surface area contributed by atoms with Crippen LogP contribution in [0.5, 0.6) is 0 Å². The summed E-state index contributed by atoms with van der Waals surface area (Å²) in [6.07, 6.45) is 0.324. The van der Waals surface area contributed by atoms with E-state index in [0.717, 1.165) is 0 Å². The van der Waals surface area contributed by atoms with Crippen LogP contribution < -0.4 is 5.32 Å². The fourth-order valence-electron chi connectivity index (χ4n) is 2.34. The molecule has 0 saturated carbocycles. The van der Waals surface area contributed by atoms with Crippen LogP contribution in [0.1, 0.15) is 29.1 Å². The van der Waals surface area contributed by atoms with Gasteiger partial charge in [0.25, 0.3) is 0 Å². The number of Topliss-reactive ketones (excluding diaryl/α,β-unsaturated/α-hetero) is 1. The number of oxazole rings is 1. The van der Waals surface area contributed by atoms with Crippen molar-refractivity contribution in [3.8, 4) is 0 Å². The van der Waals surface area contributed by atoms with Crippen molar-refractivity contribution in [2.75, 3.05) is 5.32 Å². The van der Waals surface area contributed by atoms with E-state index < -0.39 is 0 Å². The molecule has 23 heavy (non-hydrogen) atoms. The standard InChI is InChI=1S/C18H16N2O3/c1-12-19-15-11-14(7-9-17(15)23-12)20-18(22)10-8-16(21)13-5-3-2-4-6-13/h2-7,9,11H,8,10H2,1H3,(H,20,22). The monoisotopic (exact) mass is 308 g/mol. The molecular formula is C18H16N2O3. The summed E-state index contributed by atoms with van der Waals surface area (Å²) in [5, 5.41) is 2.78. The molecule has 0 aliphatic carbocycles. The van der Waals surface area contributed by atoms with Gasteiger partial charge < -0.3 is 9.73 Å². The molecular weight excluding hydrogens is 292 g/mol. The summed E-state index contributed by atoms with van der Waals surface area (Å²) in [4.78, 5) is 28.2. The second kappa shape index (κ2) is 6.44. The van der Waals surface area contributed by atoms with Gasteiger partial charge in [-0.2, -0.15) is 0 Å². The molecule has 116 valence electrons. The number of hydrogen-bond acceptors (Lipinski definition) is 4. The van der Waals surface area contributed by atoms with Crippen LogP contribution in [0.15, 0.2) is 52.9 Å². The predicted octanol–water partition coefficient (Wildman–Crippen LogP) is 3.74. The van der Waals surface area contributed by atoms with Gasteiger partial charge in [-0.1, -0.05) is 30.3 Å². The molecule has 0 atom stereocenters. The second-order valence-electron chi connectivity index (χ2n) is 5.25. The summed E-state index contributed by atoms with van der Waals surface area (Å²) in [7, 11) is 0. The van der Waals surface area contributed by atoms with E-state index in [2.05, 4.69) is 10.3 Å². The number of carbonyl (C=O) groups is 2. The highest BCUT2D eigenvalue weighted by Crippen LogP contribution is 2.20.